The van der Waals surface area contributed by atoms with E-state index in [1.807, 2.05) is 25.1 Å². The molecule has 2 aliphatic rings. The predicted octanol–water partition coefficient (Wildman–Crippen LogP) is 5.48. The molecule has 32 heavy (non-hydrogen) atoms. The molecule has 0 spiro atoms. The molecule has 0 bridgehead atoms. The molecule has 1 atom stereocenters. The summed E-state index contributed by atoms with van der Waals surface area (Å²) in [6.07, 6.45) is 5.41. The second kappa shape index (κ2) is 10.3. The number of methoxy groups -OCH3 is 1. The van der Waals surface area contributed by atoms with E-state index in [2.05, 4.69) is 59.4 Å². The van der Waals surface area contributed by atoms with Crippen molar-refractivity contribution in [2.45, 2.75) is 32.2 Å². The highest BCUT2D eigenvalue weighted by molar-refractivity contribution is 8.12. The Hall–Kier alpha value is -2.72. The number of thioether (sulfide) groups is 1. The maximum atomic E-state index is 12.9. The van der Waals surface area contributed by atoms with Gasteiger partial charge in [0.05, 0.1) is 16.9 Å². The van der Waals surface area contributed by atoms with Crippen LogP contribution in [0.4, 0.5) is 0 Å². The van der Waals surface area contributed by atoms with Gasteiger partial charge in [-0.25, -0.2) is 0 Å². The topological polar surface area (TPSA) is 41.6 Å². The smallest absolute Gasteiger partial charge is 0.258 e. The molecule has 0 saturated carbocycles. The minimum Gasteiger partial charge on any atom is -0.497 e. The molecule has 1 amide bonds. The van der Waals surface area contributed by atoms with Gasteiger partial charge in [0.2, 0.25) is 0 Å². The fraction of sp³-hybridized carbons (Fsp3) is 0.333. The van der Waals surface area contributed by atoms with E-state index in [1.54, 1.807) is 7.11 Å². The average Bonchev–Trinajstić information content (AvgIpc) is 3.24. The maximum absolute atomic E-state index is 12.9. The zero-order valence-electron chi connectivity index (χ0n) is 19.0. The molecule has 2 aromatic carbocycles. The van der Waals surface area contributed by atoms with Gasteiger partial charge in [0.25, 0.3) is 5.91 Å². The molecule has 4 nitrogen and oxygen atoms in total. The fourth-order valence-electron chi connectivity index (χ4n) is 4.19. The summed E-state index contributed by atoms with van der Waals surface area (Å²) in [5.41, 5.74) is 7.65. The number of hydrogen-bond acceptors (Lipinski definition) is 4. The highest BCUT2D eigenvalue weighted by atomic mass is 32.2. The van der Waals surface area contributed by atoms with Crippen molar-refractivity contribution in [2.75, 3.05) is 27.2 Å². The average molecular weight is 447 g/mol. The van der Waals surface area contributed by atoms with Gasteiger partial charge in [-0.3, -0.25) is 4.79 Å². The number of ether oxygens (including phenoxy) is 1. The molecule has 1 fully saturated rings. The number of carbonyl (C=O) groups is 1. The van der Waals surface area contributed by atoms with Gasteiger partial charge in [-0.15, -0.1) is 5.73 Å². The van der Waals surface area contributed by atoms with Gasteiger partial charge >= 0.3 is 0 Å². The summed E-state index contributed by atoms with van der Waals surface area (Å²) >= 11 is 1.51. The Morgan fingerprint density at radius 3 is 2.41 bits per heavy atom. The lowest BCUT2D eigenvalue weighted by Crippen LogP contribution is -2.32. The Bertz CT molecular complexity index is 1060. The summed E-state index contributed by atoms with van der Waals surface area (Å²) in [5.74, 6) is 0.862. The highest BCUT2D eigenvalue weighted by Crippen LogP contribution is 2.38. The Labute approximate surface area is 195 Å². The minimum atomic E-state index is 0.0123. The van der Waals surface area contributed by atoms with Gasteiger partial charge < -0.3 is 15.0 Å². The third-order valence-electron chi connectivity index (χ3n) is 6.19. The monoisotopic (exact) mass is 446 g/mol. The molecule has 166 valence electrons. The first-order chi connectivity index (χ1) is 15.5. The van der Waals surface area contributed by atoms with Gasteiger partial charge in [-0.1, -0.05) is 48.2 Å². The van der Waals surface area contributed by atoms with Crippen LogP contribution in [0, 0.1) is 0 Å². The van der Waals surface area contributed by atoms with Gasteiger partial charge in [0, 0.05) is 12.6 Å². The van der Waals surface area contributed by atoms with Crippen LogP contribution in [0.25, 0.3) is 16.0 Å². The summed E-state index contributed by atoms with van der Waals surface area (Å²) in [7, 11) is 3.84. The van der Waals surface area contributed by atoms with Crippen LogP contribution in [0.3, 0.4) is 0 Å². The van der Waals surface area contributed by atoms with Crippen molar-refractivity contribution in [3.63, 3.8) is 0 Å². The second-order valence-corrected chi connectivity index (χ2v) is 9.38. The summed E-state index contributed by atoms with van der Waals surface area (Å²) < 4.78 is 5.24. The van der Waals surface area contributed by atoms with Crippen molar-refractivity contribution in [2.24, 2.45) is 0 Å². The van der Waals surface area contributed by atoms with Crippen molar-refractivity contribution >= 4 is 22.6 Å². The summed E-state index contributed by atoms with van der Waals surface area (Å²) in [6, 6.07) is 17.0. The lowest BCUT2D eigenvalue weighted by molar-refractivity contribution is -0.116. The first kappa shape index (κ1) is 22.5. The van der Waals surface area contributed by atoms with Crippen LogP contribution >= 0.6 is 11.8 Å². The molecule has 1 N–H and O–H groups in total. The number of nitrogens with one attached hydrogen (secondary N) is 1. The van der Waals surface area contributed by atoms with Crippen LogP contribution in [-0.2, 0) is 4.79 Å². The highest BCUT2D eigenvalue weighted by Gasteiger charge is 2.22. The van der Waals surface area contributed by atoms with Crippen LogP contribution in [0.15, 0.2) is 70.8 Å². The summed E-state index contributed by atoms with van der Waals surface area (Å²) in [5, 5.41) is 3.13. The van der Waals surface area contributed by atoms with Crippen LogP contribution in [-0.4, -0.2) is 44.1 Å². The standard InChI is InChI=1S/C27H30N2O2S/c1-19-6-15-25(32-26(19)27(30)28-17-16-23-5-4-18-29(23)2)22-9-7-20(8-10-22)21-11-13-24(31-3)14-12-21/h6-14,23H,4-5,16-18H2,1-3H3,(H,28,30). The van der Waals surface area contributed by atoms with Crippen LogP contribution < -0.4 is 10.1 Å². The molecule has 0 aromatic heterocycles. The lowest BCUT2D eigenvalue weighted by Gasteiger charge is -2.20. The van der Waals surface area contributed by atoms with Crippen molar-refractivity contribution in [3.05, 3.63) is 76.4 Å². The van der Waals surface area contributed by atoms with E-state index in [-0.39, 0.29) is 5.91 Å². The van der Waals surface area contributed by atoms with Gasteiger partial charge in [-0.2, -0.15) is 0 Å². The number of rotatable bonds is 7. The molecule has 2 heterocycles. The molecule has 1 unspecified atom stereocenters. The first-order valence-electron chi connectivity index (χ1n) is 11.1. The van der Waals surface area contributed by atoms with E-state index in [1.165, 1.54) is 24.6 Å². The number of amides is 1. The molecule has 0 aliphatic carbocycles. The SMILES string of the molecule is COc1ccc(-c2ccc(C3=C=CC(C)=C(C(=O)NCCC4CCCN4C)S3)cc2)cc1. The van der Waals surface area contributed by atoms with E-state index in [0.717, 1.165) is 50.8 Å². The molecular formula is C27H30N2O2S. The van der Waals surface area contributed by atoms with E-state index in [9.17, 15) is 4.79 Å². The Kier molecular flexibility index (Phi) is 7.21. The quantitative estimate of drug-likeness (QED) is 0.572. The van der Waals surface area contributed by atoms with Gasteiger partial charge in [0.1, 0.15) is 5.75 Å². The van der Waals surface area contributed by atoms with Gasteiger partial charge in [-0.05, 0) is 80.3 Å². The number of nitrogens with zero attached hydrogens (tertiary/aromatic N) is 1. The second-order valence-electron chi connectivity index (χ2n) is 8.36. The number of benzene rings is 2. The normalized spacial score (nSPS) is 18.6. The Morgan fingerprint density at radius 1 is 1.12 bits per heavy atom. The molecular weight excluding hydrogens is 416 g/mol. The largest absolute Gasteiger partial charge is 0.497 e. The van der Waals surface area contributed by atoms with Crippen molar-refractivity contribution in [3.8, 4) is 16.9 Å². The van der Waals surface area contributed by atoms with Crippen LogP contribution in [0.1, 0.15) is 31.7 Å². The molecule has 4 rings (SSSR count). The fourth-order valence-corrected chi connectivity index (χ4v) is 5.15. The van der Waals surface area contributed by atoms with Crippen molar-refractivity contribution in [1.82, 2.24) is 10.2 Å². The zero-order valence-corrected chi connectivity index (χ0v) is 19.8. The first-order valence-corrected chi connectivity index (χ1v) is 12.0. The molecule has 2 aliphatic heterocycles. The molecule has 1 saturated heterocycles. The maximum Gasteiger partial charge on any atom is 0.258 e. The van der Waals surface area contributed by atoms with Crippen molar-refractivity contribution < 1.29 is 9.53 Å². The number of carbonyl (C=O) groups excluding carboxylic acids is 1. The summed E-state index contributed by atoms with van der Waals surface area (Å²) in [4.78, 5) is 17.0. The third-order valence-corrected chi connectivity index (χ3v) is 7.46. The zero-order chi connectivity index (χ0) is 22.5. The van der Waals surface area contributed by atoms with Gasteiger partial charge in [0.15, 0.2) is 0 Å². The van der Waals surface area contributed by atoms with Crippen LogP contribution in [0.2, 0.25) is 0 Å². The van der Waals surface area contributed by atoms with E-state index in [0.29, 0.717) is 12.6 Å². The Balaban J connectivity index is 1.38. The molecule has 5 heteroatoms. The number of likely N-dealkylation sites (tertiary alicyclic amines) is 1. The third kappa shape index (κ3) is 5.18. The minimum absolute atomic E-state index is 0.0123. The number of allylic oxidation sites excluding steroid dienone is 2. The van der Waals surface area contributed by atoms with E-state index in [4.69, 9.17) is 4.74 Å². The molecule has 2 aromatic rings. The predicted molar refractivity (Wildman–Crippen MR) is 133 cm³/mol. The number of hydrogen-bond donors (Lipinski definition) is 1. The van der Waals surface area contributed by atoms with E-state index < -0.39 is 0 Å². The van der Waals surface area contributed by atoms with E-state index >= 15 is 0 Å². The van der Waals surface area contributed by atoms with Crippen molar-refractivity contribution in [1.29, 1.82) is 0 Å². The lowest BCUT2D eigenvalue weighted by atomic mass is 10.0. The van der Waals surface area contributed by atoms with Crippen LogP contribution in [0.5, 0.6) is 5.75 Å². The molecule has 0 radical (unpaired) electrons. The Morgan fingerprint density at radius 2 is 1.78 bits per heavy atom. The summed E-state index contributed by atoms with van der Waals surface area (Å²) in [6.45, 7) is 3.85.